The molecule has 0 aliphatic rings. The third-order valence-electron chi connectivity index (χ3n) is 7.98. The van der Waals surface area contributed by atoms with E-state index in [1.807, 2.05) is 0 Å². The first-order valence-corrected chi connectivity index (χ1v) is 17.1. The van der Waals surface area contributed by atoms with E-state index in [1.165, 1.54) is 22.5 Å². The summed E-state index contributed by atoms with van der Waals surface area (Å²) in [5.41, 5.74) is 3.99. The minimum absolute atomic E-state index is 0. The first kappa shape index (κ1) is 31.8. The van der Waals surface area contributed by atoms with Crippen molar-refractivity contribution < 1.29 is 26.0 Å². The molecule has 3 aromatic carbocycles. The average Bonchev–Trinajstić information content (AvgIpc) is 3.30. The molecule has 0 N–H and O–H groups in total. The molecule has 3 nitrogen and oxygen atoms in total. The van der Waals surface area contributed by atoms with Gasteiger partial charge in [0.25, 0.3) is 5.82 Å². The summed E-state index contributed by atoms with van der Waals surface area (Å²) in [4.78, 5) is 0. The van der Waals surface area contributed by atoms with Crippen LogP contribution in [0.4, 0.5) is 0 Å². The molecule has 0 bridgehead atoms. The molecule has 0 fully saturated rings. The maximum Gasteiger partial charge on any atom is 0.266 e. The van der Waals surface area contributed by atoms with E-state index in [2.05, 4.69) is 159 Å². The molecule has 0 saturated heterocycles. The molecule has 4 aromatic rings. The Bertz CT molecular complexity index is 1250. The Balaban J connectivity index is 0.00000441. The van der Waals surface area contributed by atoms with Gasteiger partial charge < -0.3 is 21.4 Å². The number of halogens is 1. The fourth-order valence-electron chi connectivity index (χ4n) is 4.62. The highest BCUT2D eigenvalue weighted by atomic mass is 79.9. The summed E-state index contributed by atoms with van der Waals surface area (Å²) in [5, 5.41) is 0.167. The number of allylic oxidation sites excluding steroid dienone is 1. The number of hydrogen-bond donors (Lipinski definition) is 0. The molecule has 0 spiro atoms. The van der Waals surface area contributed by atoms with Gasteiger partial charge in [0.2, 0.25) is 0 Å². The second-order valence-electron chi connectivity index (χ2n) is 12.0. The molecule has 212 valence electrons. The van der Waals surface area contributed by atoms with E-state index in [0.29, 0.717) is 6.61 Å². The quantitative estimate of drug-likeness (QED) is 0.122. The largest absolute Gasteiger partial charge is 1.00 e. The van der Waals surface area contributed by atoms with Crippen LogP contribution in [0.25, 0.3) is 0 Å². The van der Waals surface area contributed by atoms with E-state index in [4.69, 9.17) is 4.43 Å². The van der Waals surface area contributed by atoms with Crippen molar-refractivity contribution in [1.82, 2.24) is 4.57 Å². The zero-order chi connectivity index (χ0) is 27.7. The normalized spacial score (nSPS) is 12.8. The Morgan fingerprint density at radius 1 is 0.825 bits per heavy atom. The van der Waals surface area contributed by atoms with E-state index in [9.17, 15) is 0 Å². The van der Waals surface area contributed by atoms with Gasteiger partial charge in [-0.2, -0.15) is 0 Å². The second kappa shape index (κ2) is 14.8. The SMILES string of the molecule is CC(C)(C)[Si](C)(C)OC[C@H](/C=C/CCc1ccccc1)c1n(Cc2ccccc2)cc[n+]1Cc1ccccc1.[Br-]. The monoisotopic (exact) mass is 616 g/mol. The molecule has 5 heteroatoms. The molecule has 40 heavy (non-hydrogen) atoms. The summed E-state index contributed by atoms with van der Waals surface area (Å²) in [6, 6.07) is 32.3. The molecule has 0 aliphatic carbocycles. The summed E-state index contributed by atoms with van der Waals surface area (Å²) < 4.78 is 11.7. The molecule has 0 saturated carbocycles. The van der Waals surface area contributed by atoms with Crippen LogP contribution in [0.3, 0.4) is 0 Å². The van der Waals surface area contributed by atoms with Crippen LogP contribution in [0.2, 0.25) is 18.1 Å². The molecule has 0 aliphatic heterocycles. The van der Waals surface area contributed by atoms with Crippen molar-refractivity contribution in [3.63, 3.8) is 0 Å². The minimum atomic E-state index is -1.92. The summed E-state index contributed by atoms with van der Waals surface area (Å²) >= 11 is 0. The maximum absolute atomic E-state index is 6.87. The Morgan fingerprint density at radius 3 is 1.95 bits per heavy atom. The molecule has 1 atom stereocenters. The predicted octanol–water partition coefficient (Wildman–Crippen LogP) is 5.17. The number of aromatic nitrogens is 2. The van der Waals surface area contributed by atoms with Gasteiger partial charge in [-0.05, 0) is 47.7 Å². The van der Waals surface area contributed by atoms with Crippen molar-refractivity contribution >= 4 is 8.32 Å². The van der Waals surface area contributed by atoms with Gasteiger partial charge in [-0.15, -0.1) is 0 Å². The number of nitrogens with zero attached hydrogens (tertiary/aromatic N) is 2. The van der Waals surface area contributed by atoms with Gasteiger partial charge in [0.05, 0.1) is 6.61 Å². The average molecular weight is 618 g/mol. The molecule has 1 heterocycles. The van der Waals surface area contributed by atoms with E-state index in [1.54, 1.807) is 0 Å². The van der Waals surface area contributed by atoms with Crippen LogP contribution in [-0.2, 0) is 23.9 Å². The Labute approximate surface area is 253 Å². The summed E-state index contributed by atoms with van der Waals surface area (Å²) in [6.07, 6.45) is 11.3. The van der Waals surface area contributed by atoms with Gasteiger partial charge in [-0.1, -0.05) is 124 Å². The lowest BCUT2D eigenvalue weighted by atomic mass is 10.1. The Kier molecular flexibility index (Phi) is 11.7. The lowest BCUT2D eigenvalue weighted by Crippen LogP contribution is -3.00. The third kappa shape index (κ3) is 8.89. The highest BCUT2D eigenvalue weighted by molar-refractivity contribution is 6.74. The van der Waals surface area contributed by atoms with Crippen LogP contribution in [0.1, 0.15) is 55.6 Å². The first-order chi connectivity index (χ1) is 18.7. The fourth-order valence-corrected chi connectivity index (χ4v) is 5.65. The van der Waals surface area contributed by atoms with Gasteiger partial charge in [-0.3, -0.25) is 0 Å². The van der Waals surface area contributed by atoms with Crippen LogP contribution in [-0.4, -0.2) is 19.5 Å². The van der Waals surface area contributed by atoms with Crippen molar-refractivity contribution in [2.24, 2.45) is 0 Å². The number of benzene rings is 3. The second-order valence-corrected chi connectivity index (χ2v) is 16.8. The topological polar surface area (TPSA) is 18.0 Å². The van der Waals surface area contributed by atoms with Gasteiger partial charge >= 0.3 is 0 Å². The number of imidazole rings is 1. The van der Waals surface area contributed by atoms with Crippen LogP contribution in [0.5, 0.6) is 0 Å². The van der Waals surface area contributed by atoms with Crippen molar-refractivity contribution in [3.8, 4) is 0 Å². The van der Waals surface area contributed by atoms with E-state index in [-0.39, 0.29) is 27.9 Å². The highest BCUT2D eigenvalue weighted by Gasteiger charge is 2.38. The lowest BCUT2D eigenvalue weighted by molar-refractivity contribution is -0.696. The molecule has 0 amide bonds. The van der Waals surface area contributed by atoms with Crippen LogP contribution in [0, 0.1) is 0 Å². The number of aryl methyl sites for hydroxylation is 1. The molecule has 4 rings (SSSR count). The highest BCUT2D eigenvalue weighted by Crippen LogP contribution is 2.37. The van der Waals surface area contributed by atoms with Gasteiger partial charge in [0.1, 0.15) is 31.4 Å². The molecule has 0 radical (unpaired) electrons. The van der Waals surface area contributed by atoms with E-state index in [0.717, 1.165) is 25.9 Å². The first-order valence-electron chi connectivity index (χ1n) is 14.2. The maximum atomic E-state index is 6.87. The summed E-state index contributed by atoms with van der Waals surface area (Å²) in [5.74, 6) is 1.44. The van der Waals surface area contributed by atoms with E-state index >= 15 is 0 Å². The minimum Gasteiger partial charge on any atom is -1.00 e. The van der Waals surface area contributed by atoms with Crippen molar-refractivity contribution in [1.29, 1.82) is 0 Å². The van der Waals surface area contributed by atoms with Crippen molar-refractivity contribution in [2.75, 3.05) is 6.61 Å². The Morgan fingerprint density at radius 2 is 1.38 bits per heavy atom. The smallest absolute Gasteiger partial charge is 0.266 e. The number of rotatable bonds is 12. The zero-order valence-corrected chi connectivity index (χ0v) is 27.3. The third-order valence-corrected chi connectivity index (χ3v) is 12.5. The molecule has 1 aromatic heterocycles. The molecular weight excluding hydrogens is 572 g/mol. The fraction of sp³-hybridized carbons (Fsp3) is 0.343. The molecular formula is C35H45BrN2OSi. The Hall–Kier alpha value is -2.73. The summed E-state index contributed by atoms with van der Waals surface area (Å²) in [7, 11) is -1.92. The van der Waals surface area contributed by atoms with Crippen molar-refractivity contribution in [2.45, 2.75) is 70.8 Å². The standard InChI is InChI=1S/C35H45N2OSi.BrH/c1-35(2,3)39(4,5)38-29-33(24-16-15-19-30-17-9-6-10-18-30)34-36(27-31-20-11-7-12-21-31)25-26-37(34)28-32-22-13-8-14-23-32;/h6-14,16-18,20-26,33H,15,19,27-29H2,1-5H3;1H/q+1;/p-1/b24-16+;/t33-;/m0./s1. The molecule has 0 unspecified atom stereocenters. The van der Waals surface area contributed by atoms with Gasteiger partial charge in [0, 0.05) is 0 Å². The van der Waals surface area contributed by atoms with Crippen LogP contribution >= 0.6 is 0 Å². The van der Waals surface area contributed by atoms with Crippen LogP contribution < -0.4 is 21.5 Å². The predicted molar refractivity (Wildman–Crippen MR) is 166 cm³/mol. The zero-order valence-electron chi connectivity index (χ0n) is 24.8. The van der Waals surface area contributed by atoms with Crippen LogP contribution in [0.15, 0.2) is 116 Å². The number of hydrogen-bond acceptors (Lipinski definition) is 1. The summed E-state index contributed by atoms with van der Waals surface area (Å²) in [6.45, 7) is 14.0. The van der Waals surface area contributed by atoms with E-state index < -0.39 is 8.32 Å². The van der Waals surface area contributed by atoms with Gasteiger partial charge in [0.15, 0.2) is 8.32 Å². The van der Waals surface area contributed by atoms with Crippen molar-refractivity contribution in [3.05, 3.63) is 138 Å². The lowest BCUT2D eigenvalue weighted by Gasteiger charge is -2.36. The van der Waals surface area contributed by atoms with Gasteiger partial charge in [-0.25, -0.2) is 9.13 Å².